The molecule has 2 aromatic rings. The van der Waals surface area contributed by atoms with E-state index in [2.05, 4.69) is 25.5 Å². The van der Waals surface area contributed by atoms with Gasteiger partial charge in [-0.15, -0.1) is 0 Å². The number of carboxylic acids is 1. The minimum Gasteiger partial charge on any atom is -0.477 e. The van der Waals surface area contributed by atoms with Crippen LogP contribution in [-0.2, 0) is 6.42 Å². The summed E-state index contributed by atoms with van der Waals surface area (Å²) in [5.74, 6) is -0.102. The highest BCUT2D eigenvalue weighted by Crippen LogP contribution is 2.17. The number of aromatic carboxylic acids is 1. The zero-order valence-corrected chi connectivity index (χ0v) is 9.70. The van der Waals surface area contributed by atoms with Crippen LogP contribution in [0.15, 0.2) is 12.5 Å². The summed E-state index contributed by atoms with van der Waals surface area (Å²) in [6.07, 6.45) is 4.50. The third-order valence-corrected chi connectivity index (χ3v) is 2.99. The Balaban J connectivity index is 1.72. The van der Waals surface area contributed by atoms with Gasteiger partial charge in [-0.05, 0) is 6.42 Å². The number of anilines is 1. The fraction of sp³-hybridized carbons (Fsp3) is 0.333. The Labute approximate surface area is 101 Å². The van der Waals surface area contributed by atoms with Crippen molar-refractivity contribution >= 4 is 22.4 Å². The molecule has 0 aromatic carbocycles. The van der Waals surface area contributed by atoms with Gasteiger partial charge in [0.1, 0.15) is 17.0 Å². The number of aromatic amines is 1. The first-order valence-corrected chi connectivity index (χ1v) is 5.84. The van der Waals surface area contributed by atoms with Gasteiger partial charge >= 0.3 is 5.97 Å². The van der Waals surface area contributed by atoms with E-state index in [0.717, 1.165) is 30.0 Å². The first kappa shape index (κ1) is 11.5. The number of hydrogen-bond donors (Lipinski definition) is 3. The fourth-order valence-electron chi connectivity index (χ4n) is 1.26. The largest absolute Gasteiger partial charge is 0.477 e. The van der Waals surface area contributed by atoms with Crippen molar-refractivity contribution in [3.63, 3.8) is 0 Å². The van der Waals surface area contributed by atoms with Crippen molar-refractivity contribution in [1.82, 2.24) is 20.2 Å². The Morgan fingerprint density at radius 1 is 1.53 bits per heavy atom. The predicted octanol–water partition coefficient (Wildman–Crippen LogP) is 1.00. The van der Waals surface area contributed by atoms with E-state index in [1.807, 2.05) is 0 Å². The number of nitrogens with one attached hydrogen (secondary N) is 2. The lowest BCUT2D eigenvalue weighted by Gasteiger charge is -2.00. The van der Waals surface area contributed by atoms with E-state index in [1.165, 1.54) is 12.5 Å². The highest BCUT2D eigenvalue weighted by molar-refractivity contribution is 7.17. The van der Waals surface area contributed by atoms with Gasteiger partial charge < -0.3 is 10.4 Å². The number of carbonyl (C=O) groups is 1. The van der Waals surface area contributed by atoms with Gasteiger partial charge in [0.05, 0.1) is 6.20 Å². The summed E-state index contributed by atoms with van der Waals surface area (Å²) < 4.78 is 0. The van der Waals surface area contributed by atoms with Crippen molar-refractivity contribution in [2.75, 3.05) is 11.9 Å². The van der Waals surface area contributed by atoms with E-state index < -0.39 is 5.97 Å². The van der Waals surface area contributed by atoms with E-state index in [0.29, 0.717) is 11.7 Å². The molecule has 0 unspecified atom stereocenters. The number of hydrogen-bond acceptors (Lipinski definition) is 6. The zero-order chi connectivity index (χ0) is 12.1. The van der Waals surface area contributed by atoms with E-state index in [1.54, 1.807) is 0 Å². The Morgan fingerprint density at radius 3 is 3.06 bits per heavy atom. The van der Waals surface area contributed by atoms with Gasteiger partial charge in [-0.1, -0.05) is 11.3 Å². The second-order valence-corrected chi connectivity index (χ2v) is 4.33. The van der Waals surface area contributed by atoms with E-state index in [-0.39, 0.29) is 4.88 Å². The van der Waals surface area contributed by atoms with Crippen LogP contribution < -0.4 is 5.32 Å². The molecule has 2 aromatic heterocycles. The monoisotopic (exact) mass is 253 g/mol. The molecule has 0 fully saturated rings. The summed E-state index contributed by atoms with van der Waals surface area (Å²) >= 11 is 1.13. The minimum absolute atomic E-state index is 0.239. The molecular formula is C9H11N5O2S. The van der Waals surface area contributed by atoms with Gasteiger partial charge in [0.2, 0.25) is 0 Å². The SMILES string of the molecule is O=C(O)c1cnc(NCCCc2ncn[nH]2)s1. The van der Waals surface area contributed by atoms with Crippen LogP contribution in [-0.4, -0.2) is 37.8 Å². The van der Waals surface area contributed by atoms with Gasteiger partial charge in [-0.2, -0.15) is 5.10 Å². The normalized spacial score (nSPS) is 10.4. The zero-order valence-electron chi connectivity index (χ0n) is 8.88. The van der Waals surface area contributed by atoms with Gasteiger partial charge in [-0.3, -0.25) is 5.10 Å². The first-order chi connectivity index (χ1) is 8.25. The molecule has 0 spiro atoms. The third-order valence-electron chi connectivity index (χ3n) is 2.05. The molecule has 2 rings (SSSR count). The molecule has 0 saturated heterocycles. The molecule has 0 bridgehead atoms. The fourth-order valence-corrected chi connectivity index (χ4v) is 1.94. The van der Waals surface area contributed by atoms with Gasteiger partial charge in [-0.25, -0.2) is 14.8 Å². The summed E-state index contributed by atoms with van der Waals surface area (Å²) in [7, 11) is 0. The standard InChI is InChI=1S/C9H11N5O2S/c15-8(16)6-4-11-9(17-6)10-3-1-2-7-12-5-13-14-7/h4-5H,1-3H2,(H,10,11)(H,15,16)(H,12,13,14). The van der Waals surface area contributed by atoms with Crippen LogP contribution in [0.25, 0.3) is 0 Å². The molecule has 7 nitrogen and oxygen atoms in total. The number of aryl methyl sites for hydroxylation is 1. The van der Waals surface area contributed by atoms with Crippen molar-refractivity contribution < 1.29 is 9.90 Å². The first-order valence-electron chi connectivity index (χ1n) is 5.03. The topological polar surface area (TPSA) is 104 Å². The maximum absolute atomic E-state index is 10.6. The van der Waals surface area contributed by atoms with E-state index in [4.69, 9.17) is 5.11 Å². The number of H-pyrrole nitrogens is 1. The molecule has 0 aliphatic heterocycles. The Kier molecular flexibility index (Phi) is 3.66. The van der Waals surface area contributed by atoms with E-state index in [9.17, 15) is 4.79 Å². The van der Waals surface area contributed by atoms with Crippen molar-refractivity contribution in [3.05, 3.63) is 23.2 Å². The lowest BCUT2D eigenvalue weighted by Crippen LogP contribution is -2.03. The third kappa shape index (κ3) is 3.25. The number of thiazole rings is 1. The van der Waals surface area contributed by atoms with Gasteiger partial charge in [0, 0.05) is 13.0 Å². The molecule has 8 heteroatoms. The molecule has 0 radical (unpaired) electrons. The van der Waals surface area contributed by atoms with E-state index >= 15 is 0 Å². The summed E-state index contributed by atoms with van der Waals surface area (Å²) in [6, 6.07) is 0. The highest BCUT2D eigenvalue weighted by Gasteiger charge is 2.07. The maximum atomic E-state index is 10.6. The van der Waals surface area contributed by atoms with Crippen LogP contribution in [0.1, 0.15) is 21.9 Å². The second-order valence-electron chi connectivity index (χ2n) is 3.30. The van der Waals surface area contributed by atoms with Crippen LogP contribution in [0.2, 0.25) is 0 Å². The van der Waals surface area contributed by atoms with Crippen LogP contribution in [0.3, 0.4) is 0 Å². The number of rotatable bonds is 6. The molecule has 0 aliphatic carbocycles. The Hall–Kier alpha value is -1.96. The van der Waals surface area contributed by atoms with Crippen LogP contribution in [0, 0.1) is 0 Å². The molecule has 3 N–H and O–H groups in total. The number of carboxylic acid groups (broad SMARTS) is 1. The molecule has 0 amide bonds. The second kappa shape index (κ2) is 5.39. The van der Waals surface area contributed by atoms with Gasteiger partial charge in [0.25, 0.3) is 0 Å². The molecular weight excluding hydrogens is 242 g/mol. The Morgan fingerprint density at radius 2 is 2.41 bits per heavy atom. The molecule has 0 saturated carbocycles. The average Bonchev–Trinajstić information content (AvgIpc) is 2.96. The van der Waals surface area contributed by atoms with Crippen LogP contribution >= 0.6 is 11.3 Å². The molecule has 2 heterocycles. The maximum Gasteiger partial charge on any atom is 0.347 e. The van der Waals surface area contributed by atoms with Crippen LogP contribution in [0.4, 0.5) is 5.13 Å². The minimum atomic E-state index is -0.947. The Bertz CT molecular complexity index is 481. The van der Waals surface area contributed by atoms with Crippen molar-refractivity contribution in [2.45, 2.75) is 12.8 Å². The lowest BCUT2D eigenvalue weighted by atomic mass is 10.3. The summed E-state index contributed by atoms with van der Waals surface area (Å²) in [5.41, 5.74) is 0. The smallest absolute Gasteiger partial charge is 0.347 e. The summed E-state index contributed by atoms with van der Waals surface area (Å²) in [5, 5.41) is 18.9. The quantitative estimate of drug-likeness (QED) is 0.663. The highest BCUT2D eigenvalue weighted by atomic mass is 32.1. The van der Waals surface area contributed by atoms with Crippen molar-refractivity contribution in [2.24, 2.45) is 0 Å². The number of nitrogens with zero attached hydrogens (tertiary/aromatic N) is 3. The van der Waals surface area contributed by atoms with Crippen molar-refractivity contribution in [3.8, 4) is 0 Å². The molecule has 90 valence electrons. The van der Waals surface area contributed by atoms with Crippen molar-refractivity contribution in [1.29, 1.82) is 0 Å². The molecule has 0 atom stereocenters. The van der Waals surface area contributed by atoms with Gasteiger partial charge in [0.15, 0.2) is 5.13 Å². The predicted molar refractivity (Wildman–Crippen MR) is 62.3 cm³/mol. The van der Waals surface area contributed by atoms with Crippen LogP contribution in [0.5, 0.6) is 0 Å². The molecule has 0 aliphatic rings. The molecule has 17 heavy (non-hydrogen) atoms. The summed E-state index contributed by atoms with van der Waals surface area (Å²) in [4.78, 5) is 18.8. The number of aromatic nitrogens is 4. The average molecular weight is 253 g/mol. The lowest BCUT2D eigenvalue weighted by molar-refractivity contribution is 0.0702. The summed E-state index contributed by atoms with van der Waals surface area (Å²) in [6.45, 7) is 0.716.